The van der Waals surface area contributed by atoms with E-state index in [-0.39, 0.29) is 10.6 Å². The lowest BCUT2D eigenvalue weighted by Crippen LogP contribution is -2.15. The number of aromatic nitrogens is 1. The normalized spacial score (nSPS) is 11.7. The summed E-state index contributed by atoms with van der Waals surface area (Å²) in [7, 11) is 4.03. The zero-order chi connectivity index (χ0) is 21.0. The minimum atomic E-state index is -0.347. The molecule has 0 fully saturated rings. The average Bonchev–Trinajstić information content (AvgIpc) is 3.01. The molecule has 0 amide bonds. The molecule has 3 rings (SSSR count). The summed E-state index contributed by atoms with van der Waals surface area (Å²) in [6.45, 7) is 6.25. The van der Waals surface area contributed by atoms with Crippen LogP contribution in [0.3, 0.4) is 0 Å². The number of non-ortho nitro benzene ring substituents is 1. The monoisotopic (exact) mass is 412 g/mol. The third-order valence-corrected chi connectivity index (χ3v) is 5.36. The minimum Gasteiger partial charge on any atom is -0.347 e. The molecule has 1 N–H and O–H groups in total. The first-order chi connectivity index (χ1) is 13.8. The zero-order valence-corrected chi connectivity index (χ0v) is 18.2. The Kier molecular flexibility index (Phi) is 6.95. The number of rotatable bonds is 9. The molecule has 3 aromatic rings. The van der Waals surface area contributed by atoms with E-state index in [1.54, 1.807) is 24.3 Å². The molecule has 2 aromatic carbocycles. The first-order valence-electron chi connectivity index (χ1n) is 9.79. The number of nitro groups is 1. The summed E-state index contributed by atoms with van der Waals surface area (Å²) >= 11 is 1.60. The molecule has 0 saturated heterocycles. The second-order valence-corrected chi connectivity index (χ2v) is 8.99. The summed E-state index contributed by atoms with van der Waals surface area (Å²) in [5.41, 5.74) is 4.47. The van der Waals surface area contributed by atoms with E-state index in [9.17, 15) is 10.1 Å². The van der Waals surface area contributed by atoms with Crippen molar-refractivity contribution in [3.05, 3.63) is 64.3 Å². The average molecular weight is 413 g/mol. The van der Waals surface area contributed by atoms with Crippen molar-refractivity contribution in [1.82, 2.24) is 13.6 Å². The SMILES string of the molecule is CC(C)Cn1cc(CCNSN(C)C)c2ccc(-c3cccc([N+](=O)[O-])c3)cc21. The Morgan fingerprint density at radius 2 is 1.93 bits per heavy atom. The molecule has 0 saturated carbocycles. The lowest BCUT2D eigenvalue weighted by molar-refractivity contribution is -0.384. The predicted molar refractivity (Wildman–Crippen MR) is 122 cm³/mol. The van der Waals surface area contributed by atoms with Crippen LogP contribution in [0.5, 0.6) is 0 Å². The van der Waals surface area contributed by atoms with E-state index in [1.165, 1.54) is 22.5 Å². The largest absolute Gasteiger partial charge is 0.347 e. The highest BCUT2D eigenvalue weighted by Gasteiger charge is 2.13. The molecule has 0 spiro atoms. The summed E-state index contributed by atoms with van der Waals surface area (Å²) in [5, 5.41) is 12.4. The van der Waals surface area contributed by atoms with Gasteiger partial charge in [0.15, 0.2) is 0 Å². The maximum atomic E-state index is 11.1. The topological polar surface area (TPSA) is 63.3 Å². The van der Waals surface area contributed by atoms with Crippen LogP contribution in [0.1, 0.15) is 19.4 Å². The highest BCUT2D eigenvalue weighted by atomic mass is 32.2. The van der Waals surface area contributed by atoms with E-state index in [2.05, 4.69) is 47.5 Å². The van der Waals surface area contributed by atoms with Crippen LogP contribution in [0.4, 0.5) is 5.69 Å². The smallest absolute Gasteiger partial charge is 0.270 e. The molecule has 0 aliphatic rings. The fourth-order valence-corrected chi connectivity index (χ4v) is 3.90. The Morgan fingerprint density at radius 3 is 2.62 bits per heavy atom. The van der Waals surface area contributed by atoms with E-state index in [1.807, 2.05) is 24.5 Å². The number of nitrogens with one attached hydrogen (secondary N) is 1. The molecule has 7 heteroatoms. The molecule has 0 radical (unpaired) electrons. The van der Waals surface area contributed by atoms with E-state index in [4.69, 9.17) is 0 Å². The second-order valence-electron chi connectivity index (χ2n) is 7.79. The zero-order valence-electron chi connectivity index (χ0n) is 17.4. The van der Waals surface area contributed by atoms with E-state index < -0.39 is 0 Å². The number of hydrogen-bond acceptors (Lipinski definition) is 5. The van der Waals surface area contributed by atoms with Crippen LogP contribution in [0.2, 0.25) is 0 Å². The predicted octanol–water partition coefficient (Wildman–Crippen LogP) is 5.13. The Hall–Kier alpha value is -2.35. The van der Waals surface area contributed by atoms with Crippen LogP contribution in [0, 0.1) is 16.0 Å². The molecule has 154 valence electrons. The quantitative estimate of drug-likeness (QED) is 0.228. The Morgan fingerprint density at radius 1 is 1.17 bits per heavy atom. The Labute approximate surface area is 176 Å². The highest BCUT2D eigenvalue weighted by molar-refractivity contribution is 7.95. The van der Waals surface area contributed by atoms with Crippen molar-refractivity contribution in [2.24, 2.45) is 5.92 Å². The van der Waals surface area contributed by atoms with Gasteiger partial charge in [-0.3, -0.25) is 14.8 Å². The number of hydrogen-bond donors (Lipinski definition) is 1. The Balaban J connectivity index is 1.95. The van der Waals surface area contributed by atoms with Gasteiger partial charge in [0, 0.05) is 54.5 Å². The van der Waals surface area contributed by atoms with Gasteiger partial charge in [0.1, 0.15) is 0 Å². The summed E-state index contributed by atoms with van der Waals surface area (Å²) in [6, 6.07) is 13.2. The summed E-state index contributed by atoms with van der Waals surface area (Å²) in [4.78, 5) is 10.8. The van der Waals surface area contributed by atoms with Gasteiger partial charge in [0.25, 0.3) is 5.69 Å². The van der Waals surface area contributed by atoms with Gasteiger partial charge in [-0.25, -0.2) is 4.31 Å². The van der Waals surface area contributed by atoms with Gasteiger partial charge in [0.05, 0.1) is 4.92 Å². The lowest BCUT2D eigenvalue weighted by Gasteiger charge is -2.09. The molecule has 0 unspecified atom stereocenters. The minimum absolute atomic E-state index is 0.116. The van der Waals surface area contributed by atoms with Gasteiger partial charge in [-0.2, -0.15) is 0 Å². The van der Waals surface area contributed by atoms with Crippen LogP contribution in [0.25, 0.3) is 22.0 Å². The van der Waals surface area contributed by atoms with Crippen molar-refractivity contribution in [1.29, 1.82) is 0 Å². The molecular weight excluding hydrogens is 384 g/mol. The molecule has 1 heterocycles. The summed E-state index contributed by atoms with van der Waals surface area (Å²) in [5.74, 6) is 0.530. The second kappa shape index (κ2) is 9.43. The number of fused-ring (bicyclic) bond motifs is 1. The van der Waals surface area contributed by atoms with Crippen molar-refractivity contribution < 1.29 is 4.92 Å². The summed E-state index contributed by atoms with van der Waals surface area (Å²) in [6.07, 6.45) is 3.20. The van der Waals surface area contributed by atoms with E-state index in [0.29, 0.717) is 5.92 Å². The van der Waals surface area contributed by atoms with Crippen LogP contribution in [-0.4, -0.2) is 34.4 Å². The van der Waals surface area contributed by atoms with Gasteiger partial charge in [-0.05, 0) is 49.2 Å². The van der Waals surface area contributed by atoms with Gasteiger partial charge in [0.2, 0.25) is 0 Å². The third-order valence-electron chi connectivity index (χ3n) is 4.66. The van der Waals surface area contributed by atoms with Crippen molar-refractivity contribution >= 4 is 28.7 Å². The van der Waals surface area contributed by atoms with Gasteiger partial charge in [-0.1, -0.05) is 38.1 Å². The van der Waals surface area contributed by atoms with Crippen molar-refractivity contribution in [3.63, 3.8) is 0 Å². The van der Waals surface area contributed by atoms with Gasteiger partial charge < -0.3 is 4.57 Å². The van der Waals surface area contributed by atoms with Crippen LogP contribution >= 0.6 is 12.1 Å². The first-order valence-corrected chi connectivity index (χ1v) is 10.6. The van der Waals surface area contributed by atoms with E-state index in [0.717, 1.165) is 30.6 Å². The van der Waals surface area contributed by atoms with Crippen molar-refractivity contribution in [3.8, 4) is 11.1 Å². The first kappa shape index (κ1) is 21.4. The molecule has 0 atom stereocenters. The van der Waals surface area contributed by atoms with E-state index >= 15 is 0 Å². The Bertz CT molecular complexity index is 998. The fourth-order valence-electron chi connectivity index (χ4n) is 3.45. The molecule has 29 heavy (non-hydrogen) atoms. The lowest BCUT2D eigenvalue weighted by atomic mass is 10.0. The molecular formula is C22H28N4O2S. The van der Waals surface area contributed by atoms with Crippen LogP contribution < -0.4 is 4.72 Å². The van der Waals surface area contributed by atoms with Crippen LogP contribution in [-0.2, 0) is 13.0 Å². The fraction of sp³-hybridized carbons (Fsp3) is 0.364. The van der Waals surface area contributed by atoms with Crippen molar-refractivity contribution in [2.75, 3.05) is 20.6 Å². The molecule has 1 aromatic heterocycles. The molecule has 0 aliphatic heterocycles. The molecule has 6 nitrogen and oxygen atoms in total. The number of nitrogens with zero attached hydrogens (tertiary/aromatic N) is 3. The van der Waals surface area contributed by atoms with Gasteiger partial charge >= 0.3 is 0 Å². The van der Waals surface area contributed by atoms with Crippen molar-refractivity contribution in [2.45, 2.75) is 26.8 Å². The number of benzene rings is 2. The molecule has 0 aliphatic carbocycles. The standard InChI is InChI=1S/C22H28N4O2S/c1-16(2)14-25-15-19(10-11-23-29-24(3)4)21-9-8-18(13-22(21)25)17-6-5-7-20(12-17)26(27)28/h5-9,12-13,15-16,23H,10-11,14H2,1-4H3. The third kappa shape index (κ3) is 5.38. The van der Waals surface area contributed by atoms with Gasteiger partial charge in [-0.15, -0.1) is 0 Å². The molecule has 0 bridgehead atoms. The maximum absolute atomic E-state index is 11.1. The highest BCUT2D eigenvalue weighted by Crippen LogP contribution is 2.30. The van der Waals surface area contributed by atoms with Crippen LogP contribution in [0.15, 0.2) is 48.7 Å². The maximum Gasteiger partial charge on any atom is 0.270 e. The number of nitro benzene ring substituents is 1. The summed E-state index contributed by atoms with van der Waals surface area (Å²) < 4.78 is 7.72.